The van der Waals surface area contributed by atoms with Gasteiger partial charge in [-0.3, -0.25) is 25.0 Å². The molecule has 30 heavy (non-hydrogen) atoms. The van der Waals surface area contributed by atoms with Crippen molar-refractivity contribution in [2.45, 2.75) is 12.8 Å². The van der Waals surface area contributed by atoms with Crippen LogP contribution in [-0.2, 0) is 4.79 Å². The first-order chi connectivity index (χ1) is 14.5. The fourth-order valence-electron chi connectivity index (χ4n) is 3.40. The Hall–Kier alpha value is -3.69. The lowest BCUT2D eigenvalue weighted by Gasteiger charge is -2.36. The van der Waals surface area contributed by atoms with E-state index in [-0.39, 0.29) is 17.3 Å². The van der Waals surface area contributed by atoms with Crippen molar-refractivity contribution in [2.75, 3.05) is 42.9 Å². The summed E-state index contributed by atoms with van der Waals surface area (Å²) in [4.78, 5) is 37.3. The third-order valence-corrected chi connectivity index (χ3v) is 5.04. The average molecular weight is 413 g/mol. The third kappa shape index (κ3) is 5.22. The molecule has 10 heteroatoms. The number of rotatable bonds is 8. The molecule has 1 amide bonds. The Kier molecular flexibility index (Phi) is 6.79. The lowest BCUT2D eigenvalue weighted by molar-refractivity contribution is -0.384. The van der Waals surface area contributed by atoms with Gasteiger partial charge in [0.05, 0.1) is 9.85 Å². The zero-order valence-electron chi connectivity index (χ0n) is 16.4. The van der Waals surface area contributed by atoms with E-state index in [1.54, 1.807) is 30.3 Å². The maximum Gasteiger partial charge on any atom is 0.292 e. The molecular formula is C20H23N5O5. The minimum absolute atomic E-state index is 0.0196. The maximum atomic E-state index is 12.4. The number of nitro benzene ring substituents is 2. The Morgan fingerprint density at radius 2 is 1.60 bits per heavy atom. The lowest BCUT2D eigenvalue weighted by atomic mass is 10.2. The van der Waals surface area contributed by atoms with Crippen LogP contribution in [0.5, 0.6) is 0 Å². The zero-order valence-corrected chi connectivity index (χ0v) is 16.4. The first kappa shape index (κ1) is 21.0. The van der Waals surface area contributed by atoms with Crippen molar-refractivity contribution in [2.24, 2.45) is 0 Å². The van der Waals surface area contributed by atoms with E-state index >= 15 is 0 Å². The van der Waals surface area contributed by atoms with Crippen molar-refractivity contribution in [3.63, 3.8) is 0 Å². The van der Waals surface area contributed by atoms with Crippen LogP contribution in [0.4, 0.5) is 22.7 Å². The van der Waals surface area contributed by atoms with Gasteiger partial charge in [-0.25, -0.2) is 0 Å². The molecule has 1 aliphatic rings. The number of nitrogens with one attached hydrogen (secondary N) is 1. The lowest BCUT2D eigenvalue weighted by Crippen LogP contribution is -2.48. The second-order valence-electron chi connectivity index (χ2n) is 6.95. The number of anilines is 2. The van der Waals surface area contributed by atoms with Crippen molar-refractivity contribution in [3.05, 3.63) is 68.8 Å². The largest absolute Gasteiger partial charge is 0.379 e. The van der Waals surface area contributed by atoms with E-state index in [0.717, 1.165) is 5.69 Å². The molecule has 3 rings (SSSR count). The fraction of sp³-hybridized carbons (Fsp3) is 0.350. The van der Waals surface area contributed by atoms with E-state index < -0.39 is 9.85 Å². The van der Waals surface area contributed by atoms with Gasteiger partial charge in [-0.05, 0) is 24.6 Å². The minimum atomic E-state index is -0.433. The van der Waals surface area contributed by atoms with Gasteiger partial charge in [0.2, 0.25) is 5.91 Å². The molecule has 1 aliphatic heterocycles. The van der Waals surface area contributed by atoms with Crippen LogP contribution in [0.25, 0.3) is 0 Å². The molecule has 158 valence electrons. The van der Waals surface area contributed by atoms with Crippen molar-refractivity contribution < 1.29 is 14.6 Å². The highest BCUT2D eigenvalue weighted by molar-refractivity contribution is 5.76. The van der Waals surface area contributed by atoms with Crippen LogP contribution in [0, 0.1) is 20.2 Å². The summed E-state index contributed by atoms with van der Waals surface area (Å²) in [7, 11) is 0. The molecule has 0 saturated carbocycles. The molecule has 0 spiro atoms. The number of carbonyl (C=O) groups is 1. The van der Waals surface area contributed by atoms with E-state index in [1.165, 1.54) is 18.2 Å². The van der Waals surface area contributed by atoms with Gasteiger partial charge >= 0.3 is 0 Å². The number of hydrogen-bond acceptors (Lipinski definition) is 7. The molecule has 0 unspecified atom stereocenters. The van der Waals surface area contributed by atoms with Crippen LogP contribution in [-0.4, -0.2) is 53.4 Å². The van der Waals surface area contributed by atoms with Crippen molar-refractivity contribution in [1.29, 1.82) is 0 Å². The molecule has 1 heterocycles. The number of piperazine rings is 1. The van der Waals surface area contributed by atoms with Gasteiger partial charge in [-0.1, -0.05) is 12.1 Å². The van der Waals surface area contributed by atoms with Gasteiger partial charge in [0.15, 0.2) is 0 Å². The van der Waals surface area contributed by atoms with Gasteiger partial charge in [-0.2, -0.15) is 0 Å². The van der Waals surface area contributed by atoms with Crippen LogP contribution in [0.2, 0.25) is 0 Å². The van der Waals surface area contributed by atoms with E-state index in [9.17, 15) is 25.0 Å². The number of para-hydroxylation sites is 2. The van der Waals surface area contributed by atoms with Gasteiger partial charge in [-0.15, -0.1) is 0 Å². The van der Waals surface area contributed by atoms with Crippen LogP contribution >= 0.6 is 0 Å². The molecule has 1 N–H and O–H groups in total. The number of benzene rings is 2. The first-order valence-corrected chi connectivity index (χ1v) is 9.70. The molecule has 2 aromatic rings. The predicted molar refractivity (Wildman–Crippen MR) is 113 cm³/mol. The minimum Gasteiger partial charge on any atom is -0.379 e. The summed E-state index contributed by atoms with van der Waals surface area (Å²) in [5.74, 6) is 0.0581. The van der Waals surface area contributed by atoms with Crippen molar-refractivity contribution in [1.82, 2.24) is 4.90 Å². The molecular weight excluding hydrogens is 390 g/mol. The second kappa shape index (κ2) is 9.68. The van der Waals surface area contributed by atoms with Gasteiger partial charge in [0.25, 0.3) is 11.4 Å². The number of carbonyl (C=O) groups excluding carboxylic acids is 1. The Labute approximate surface area is 173 Å². The van der Waals surface area contributed by atoms with Crippen LogP contribution in [0.1, 0.15) is 12.8 Å². The topological polar surface area (TPSA) is 122 Å². The molecule has 10 nitrogen and oxygen atoms in total. The molecule has 1 fully saturated rings. The summed E-state index contributed by atoms with van der Waals surface area (Å²) >= 11 is 0. The summed E-state index contributed by atoms with van der Waals surface area (Å²) < 4.78 is 0. The smallest absolute Gasteiger partial charge is 0.292 e. The SMILES string of the molecule is O=C(CCCNc1ccccc1[N+](=O)[O-])N1CCN(c2ccc([N+](=O)[O-])cc2)CC1. The van der Waals surface area contributed by atoms with Crippen LogP contribution < -0.4 is 10.2 Å². The second-order valence-corrected chi connectivity index (χ2v) is 6.95. The van der Waals surface area contributed by atoms with Crippen LogP contribution in [0.15, 0.2) is 48.5 Å². The highest BCUT2D eigenvalue weighted by Gasteiger charge is 2.21. The number of amides is 1. The van der Waals surface area contributed by atoms with E-state index in [2.05, 4.69) is 10.2 Å². The first-order valence-electron chi connectivity index (χ1n) is 9.70. The Bertz CT molecular complexity index is 910. The number of nitro groups is 2. The summed E-state index contributed by atoms with van der Waals surface area (Å²) in [6.45, 7) is 2.98. The molecule has 0 aliphatic carbocycles. The predicted octanol–water partition coefficient (Wildman–Crippen LogP) is 3.04. The standard InChI is InChI=1S/C20H23N5O5/c26-20(6-3-11-21-18-4-1-2-5-19(18)25(29)30)23-14-12-22(13-15-23)16-7-9-17(10-8-16)24(27)28/h1-2,4-5,7-10,21H,3,6,11-15H2. The highest BCUT2D eigenvalue weighted by atomic mass is 16.6. The number of non-ortho nitro benzene ring substituents is 1. The Balaban J connectivity index is 1.41. The molecule has 1 saturated heterocycles. The van der Waals surface area contributed by atoms with Gasteiger partial charge < -0.3 is 15.1 Å². The van der Waals surface area contributed by atoms with Gasteiger partial charge in [0, 0.05) is 63.0 Å². The quantitative estimate of drug-likeness (QED) is 0.401. The van der Waals surface area contributed by atoms with Crippen molar-refractivity contribution in [3.8, 4) is 0 Å². The summed E-state index contributed by atoms with van der Waals surface area (Å²) in [6, 6.07) is 12.9. The highest BCUT2D eigenvalue weighted by Crippen LogP contribution is 2.23. The summed E-state index contributed by atoms with van der Waals surface area (Å²) in [5.41, 5.74) is 1.43. The van der Waals surface area contributed by atoms with Gasteiger partial charge in [0.1, 0.15) is 5.69 Å². The fourth-order valence-corrected chi connectivity index (χ4v) is 3.40. The molecule has 0 bridgehead atoms. The van der Waals surface area contributed by atoms with Crippen LogP contribution in [0.3, 0.4) is 0 Å². The molecule has 0 atom stereocenters. The zero-order chi connectivity index (χ0) is 21.5. The van der Waals surface area contributed by atoms with E-state index in [4.69, 9.17) is 0 Å². The molecule has 0 radical (unpaired) electrons. The monoisotopic (exact) mass is 413 g/mol. The normalized spacial score (nSPS) is 13.7. The van der Waals surface area contributed by atoms with E-state index in [1.807, 2.05) is 4.90 Å². The van der Waals surface area contributed by atoms with Crippen molar-refractivity contribution >= 4 is 28.7 Å². The summed E-state index contributed by atoms with van der Waals surface area (Å²) in [5, 5.41) is 24.8. The summed E-state index contributed by atoms with van der Waals surface area (Å²) in [6.07, 6.45) is 0.943. The molecule has 0 aromatic heterocycles. The average Bonchev–Trinajstić information content (AvgIpc) is 2.77. The Morgan fingerprint density at radius 1 is 0.933 bits per heavy atom. The third-order valence-electron chi connectivity index (χ3n) is 5.04. The number of nitrogens with zero attached hydrogens (tertiary/aromatic N) is 4. The van der Waals surface area contributed by atoms with E-state index in [0.29, 0.717) is 51.3 Å². The molecule has 2 aromatic carbocycles. The Morgan fingerprint density at radius 3 is 2.23 bits per heavy atom. The number of hydrogen-bond donors (Lipinski definition) is 1. The maximum absolute atomic E-state index is 12.4.